The number of nitrogens with one attached hydrogen (secondary N) is 4. The number of β-amino-alcohol motifs (C(OH)–C–C–N with tert-alkyl or cyclic N) is 1. The molecular weight excluding hydrogens is 1080 g/mol. The second-order valence-corrected chi connectivity index (χ2v) is 23.7. The number of aliphatic hydroxyl groups is 1. The number of benzene rings is 4. The van der Waals surface area contributed by atoms with Gasteiger partial charge in [0.25, 0.3) is 5.91 Å². The number of anilines is 3. The quantitative estimate of drug-likeness (QED) is 0.0346. The van der Waals surface area contributed by atoms with E-state index in [0.29, 0.717) is 85.9 Å². The molecule has 21 heteroatoms. The highest BCUT2D eigenvalue weighted by molar-refractivity contribution is 7.13. The third-order valence-corrected chi connectivity index (χ3v) is 16.6. The first kappa shape index (κ1) is 60.6. The molecule has 0 saturated carbocycles. The molecule has 9 rings (SSSR count). The van der Waals surface area contributed by atoms with E-state index in [4.69, 9.17) is 14.2 Å². The summed E-state index contributed by atoms with van der Waals surface area (Å²) in [5.41, 5.74) is 8.30. The van der Waals surface area contributed by atoms with E-state index in [1.807, 2.05) is 93.9 Å². The first-order chi connectivity index (χ1) is 39.9. The van der Waals surface area contributed by atoms with Crippen LogP contribution in [0.4, 0.5) is 26.0 Å². The lowest BCUT2D eigenvalue weighted by Crippen LogP contribution is -2.49. The van der Waals surface area contributed by atoms with Crippen molar-refractivity contribution in [3.8, 4) is 10.4 Å². The number of aryl methyl sites for hydroxylation is 2. The number of fused-ring (bicyclic) bond motifs is 1. The summed E-state index contributed by atoms with van der Waals surface area (Å²) in [4.78, 5) is 79.2. The molecule has 3 aliphatic rings. The maximum absolute atomic E-state index is 14.1. The number of halogens is 2. The zero-order valence-corrected chi connectivity index (χ0v) is 48.5. The Labute approximate surface area is 486 Å². The summed E-state index contributed by atoms with van der Waals surface area (Å²) in [6, 6.07) is 22.1. The Morgan fingerprint density at radius 3 is 2.34 bits per heavy atom. The normalized spacial score (nSPS) is 17.4. The predicted molar refractivity (Wildman–Crippen MR) is 315 cm³/mol. The average molecular weight is 1160 g/mol. The van der Waals surface area contributed by atoms with E-state index in [9.17, 15) is 37.9 Å². The fourth-order valence-electron chi connectivity index (χ4n) is 11.0. The number of hydrogen-bond acceptors (Lipinski definition) is 15. The summed E-state index contributed by atoms with van der Waals surface area (Å²) in [6.07, 6.45) is 1.84. The topological polar surface area (TPSA) is 221 Å². The van der Waals surface area contributed by atoms with Crippen LogP contribution < -0.4 is 20.9 Å². The molecule has 3 aliphatic heterocycles. The van der Waals surface area contributed by atoms with E-state index >= 15 is 0 Å². The minimum absolute atomic E-state index is 0.0377. The molecule has 3 atom stereocenters. The Morgan fingerprint density at radius 2 is 1.61 bits per heavy atom. The first-order valence-electron chi connectivity index (χ1n) is 28.6. The van der Waals surface area contributed by atoms with E-state index in [1.165, 1.54) is 17.0 Å². The summed E-state index contributed by atoms with van der Waals surface area (Å²) in [5, 5.41) is 28.2. The van der Waals surface area contributed by atoms with Gasteiger partial charge in [-0.3, -0.25) is 34.0 Å². The number of Topliss-reactive ketones (excluding diaryl/α,β-unsaturated/α-hetero) is 2. The van der Waals surface area contributed by atoms with Gasteiger partial charge in [-0.25, -0.2) is 13.8 Å². The number of rotatable bonds is 25. The number of carbonyl (C=O) groups excluding carboxylic acids is 5. The van der Waals surface area contributed by atoms with Gasteiger partial charge in [-0.2, -0.15) is 5.10 Å². The van der Waals surface area contributed by atoms with Gasteiger partial charge < -0.3 is 45.1 Å². The monoisotopic (exact) mass is 1160 g/mol. The molecule has 2 aromatic heterocycles. The van der Waals surface area contributed by atoms with E-state index < -0.39 is 35.1 Å². The molecule has 18 nitrogen and oxygen atoms in total. The molecule has 0 unspecified atom stereocenters. The second kappa shape index (κ2) is 28.0. The Kier molecular flexibility index (Phi) is 20.5. The fraction of sp³-hybridized carbons (Fsp3) is 0.468. The van der Waals surface area contributed by atoms with Gasteiger partial charge in [0.15, 0.2) is 17.4 Å². The number of piperazine rings is 1. The molecule has 442 valence electrons. The van der Waals surface area contributed by atoms with Crippen molar-refractivity contribution in [1.29, 1.82) is 0 Å². The minimum atomic E-state index is -0.831. The highest BCUT2D eigenvalue weighted by Crippen LogP contribution is 2.35. The van der Waals surface area contributed by atoms with E-state index in [-0.39, 0.29) is 101 Å². The third kappa shape index (κ3) is 16.4. The summed E-state index contributed by atoms with van der Waals surface area (Å²) >= 11 is 1.58. The number of hydrogen-bond donors (Lipinski definition) is 5. The molecule has 5 heterocycles. The summed E-state index contributed by atoms with van der Waals surface area (Å²) in [7, 11) is 0. The maximum atomic E-state index is 14.1. The maximum Gasteiger partial charge on any atom is 0.258 e. The van der Waals surface area contributed by atoms with Gasteiger partial charge in [-0.05, 0) is 103 Å². The third-order valence-electron chi connectivity index (χ3n) is 15.7. The number of amides is 3. The van der Waals surface area contributed by atoms with Crippen LogP contribution in [0.3, 0.4) is 0 Å². The number of aromatic amines is 1. The number of carbonyl (C=O) groups is 5. The number of aromatic nitrogens is 3. The van der Waals surface area contributed by atoms with Crippen LogP contribution in [0.25, 0.3) is 21.3 Å². The molecule has 0 bridgehead atoms. The van der Waals surface area contributed by atoms with E-state index in [0.717, 1.165) is 51.9 Å². The Bertz CT molecular complexity index is 3210. The van der Waals surface area contributed by atoms with Gasteiger partial charge >= 0.3 is 0 Å². The van der Waals surface area contributed by atoms with E-state index in [2.05, 4.69) is 40.9 Å². The molecule has 3 fully saturated rings. The zero-order chi connectivity index (χ0) is 58.6. The van der Waals surface area contributed by atoms with Crippen molar-refractivity contribution in [2.75, 3.05) is 101 Å². The van der Waals surface area contributed by atoms with Crippen LogP contribution in [0.5, 0.6) is 0 Å². The molecule has 6 aromatic rings. The van der Waals surface area contributed by atoms with Crippen LogP contribution in [0.2, 0.25) is 0 Å². The van der Waals surface area contributed by atoms with Crippen molar-refractivity contribution in [2.24, 2.45) is 11.3 Å². The SMILES string of the molecule is Cc1ncsc1-c1ccc(CCC(=O)[C@@H]2C[C@@H](O)CN2C(=O)[C@@H](CC(=O)COCCOCCNC(=O)CN2CCN(c3ccc(C(=O)Nc4n[nH]c5ccc(Cc6cc(F)cc(F)c6)cc45)c(NC4CCOCC4)c3)CC2)C(C)(C)C)cc1. The number of H-pyrrole nitrogens is 1. The fourth-order valence-corrected chi connectivity index (χ4v) is 11.9. The molecule has 83 heavy (non-hydrogen) atoms. The van der Waals surface area contributed by atoms with Gasteiger partial charge in [0.1, 0.15) is 18.2 Å². The standard InChI is InChI=1S/C62H75F2N9O9S/c1-39-58(83-38-66-39)43-9-5-40(6-10-43)8-14-56(76)55-34-48(74)35-73(55)61(79)52(62(2,3)4)33-49(75)37-82-26-25-81-24-17-65-57(77)36-71-18-20-72(21-19-71)47-11-12-50(54(32-47)67-46-15-22-80-23-16-46)60(78)68-59-51-30-41(7-13-53(51)69-70-59)27-42-28-44(63)31-45(64)29-42/h5-7,9-13,28-32,38,46,48,52,55,67,74H,8,14-27,33-37H2,1-4H3,(H,65,77)(H2,68,69,70,78)/t48-,52-,55+/m1/s1. The van der Waals surface area contributed by atoms with Crippen molar-refractivity contribution in [3.05, 3.63) is 124 Å². The highest BCUT2D eigenvalue weighted by Gasteiger charge is 2.44. The molecule has 3 amide bonds. The Morgan fingerprint density at radius 1 is 0.880 bits per heavy atom. The number of thiazole rings is 1. The van der Waals surface area contributed by atoms with Crippen molar-refractivity contribution in [1.82, 2.24) is 30.3 Å². The zero-order valence-electron chi connectivity index (χ0n) is 47.6. The van der Waals surface area contributed by atoms with Crippen LogP contribution in [-0.4, -0.2) is 163 Å². The molecule has 3 saturated heterocycles. The lowest BCUT2D eigenvalue weighted by Gasteiger charge is -2.36. The minimum Gasteiger partial charge on any atom is -0.391 e. The van der Waals surface area contributed by atoms with Crippen molar-refractivity contribution < 1.29 is 52.1 Å². The van der Waals surface area contributed by atoms with Crippen LogP contribution >= 0.6 is 11.3 Å². The Balaban J connectivity index is 0.678. The number of ketones is 2. The summed E-state index contributed by atoms with van der Waals surface area (Å²) in [6.45, 7) is 12.4. The van der Waals surface area contributed by atoms with Crippen LogP contribution in [-0.2, 0) is 46.2 Å². The van der Waals surface area contributed by atoms with Crippen LogP contribution in [0.1, 0.15) is 85.6 Å². The largest absolute Gasteiger partial charge is 0.391 e. The van der Waals surface area contributed by atoms with Crippen molar-refractivity contribution in [2.45, 2.75) is 90.8 Å². The van der Waals surface area contributed by atoms with E-state index in [1.54, 1.807) is 11.3 Å². The van der Waals surface area contributed by atoms with Crippen molar-refractivity contribution in [3.63, 3.8) is 0 Å². The van der Waals surface area contributed by atoms with Gasteiger partial charge in [0.2, 0.25) is 11.8 Å². The predicted octanol–water partition coefficient (Wildman–Crippen LogP) is 7.76. The van der Waals surface area contributed by atoms with Crippen LogP contribution in [0.15, 0.2) is 84.4 Å². The lowest BCUT2D eigenvalue weighted by atomic mass is 9.76. The number of ether oxygens (including phenoxy) is 3. The number of nitrogens with zero attached hydrogens (tertiary/aromatic N) is 5. The van der Waals surface area contributed by atoms with Gasteiger partial charge in [-0.1, -0.05) is 51.1 Å². The number of aliphatic hydroxyl groups excluding tert-OH is 1. The molecule has 0 spiro atoms. The highest BCUT2D eigenvalue weighted by atomic mass is 32.1. The second-order valence-electron chi connectivity index (χ2n) is 22.9. The summed E-state index contributed by atoms with van der Waals surface area (Å²) < 4.78 is 44.8. The summed E-state index contributed by atoms with van der Waals surface area (Å²) in [5.74, 6) is -2.86. The molecule has 5 N–H and O–H groups in total. The Hall–Kier alpha value is -7.01. The average Bonchev–Trinajstić information content (AvgIpc) is 4.05. The van der Waals surface area contributed by atoms with Gasteiger partial charge in [-0.15, -0.1) is 11.3 Å². The molecule has 0 radical (unpaired) electrons. The first-order valence-corrected chi connectivity index (χ1v) is 29.5. The lowest BCUT2D eigenvalue weighted by molar-refractivity contribution is -0.146. The van der Waals surface area contributed by atoms with Crippen molar-refractivity contribution >= 4 is 68.7 Å². The smallest absolute Gasteiger partial charge is 0.258 e. The molecule has 0 aliphatic carbocycles. The molecule has 4 aromatic carbocycles. The van der Waals surface area contributed by atoms with Gasteiger partial charge in [0, 0.05) is 107 Å². The van der Waals surface area contributed by atoms with Gasteiger partial charge in [0.05, 0.1) is 65.7 Å². The molecular formula is C62H75F2N9O9S. The van der Waals surface area contributed by atoms with Crippen LogP contribution in [0, 0.1) is 29.9 Å². The number of likely N-dealkylation sites (tertiary alicyclic amines) is 1.